The topological polar surface area (TPSA) is 80.5 Å². The van der Waals surface area contributed by atoms with Gasteiger partial charge in [-0.15, -0.1) is 0 Å². The fraction of sp³-hybridized carbons (Fsp3) is 0. The van der Waals surface area contributed by atoms with E-state index in [0.717, 1.165) is 16.7 Å². The average molecular weight is 361 g/mol. The van der Waals surface area contributed by atoms with Gasteiger partial charge in [-0.3, -0.25) is 19.7 Å². The number of carbonyl (C=O) groups excluding carboxylic acids is 2. The van der Waals surface area contributed by atoms with Crippen molar-refractivity contribution in [2.24, 2.45) is 0 Å². The van der Waals surface area contributed by atoms with Gasteiger partial charge in [0.1, 0.15) is 0 Å². The number of nitro benzene ring substituents is 1. The number of hydrogen-bond acceptors (Lipinski definition) is 5. The summed E-state index contributed by atoms with van der Waals surface area (Å²) in [6.45, 7) is 0. The Morgan fingerprint density at radius 2 is 1.88 bits per heavy atom. The minimum absolute atomic E-state index is 0.120. The van der Waals surface area contributed by atoms with Crippen LogP contribution in [-0.2, 0) is 4.79 Å². The molecule has 0 aliphatic carbocycles. The summed E-state index contributed by atoms with van der Waals surface area (Å²) in [5, 5.41) is 11.0. The highest BCUT2D eigenvalue weighted by atomic mass is 35.5. The molecule has 0 aromatic heterocycles. The van der Waals surface area contributed by atoms with Crippen molar-refractivity contribution >= 4 is 52.0 Å². The first-order valence-electron chi connectivity index (χ1n) is 6.74. The summed E-state index contributed by atoms with van der Waals surface area (Å²) in [7, 11) is 0. The van der Waals surface area contributed by atoms with E-state index in [9.17, 15) is 19.7 Å². The molecule has 0 atom stereocenters. The highest BCUT2D eigenvalue weighted by molar-refractivity contribution is 8.19. The number of carbonyl (C=O) groups is 2. The van der Waals surface area contributed by atoms with Crippen molar-refractivity contribution in [2.75, 3.05) is 4.90 Å². The number of amides is 2. The van der Waals surface area contributed by atoms with Crippen molar-refractivity contribution in [3.8, 4) is 0 Å². The number of nitro groups is 1. The number of hydrogen-bond donors (Lipinski definition) is 0. The van der Waals surface area contributed by atoms with E-state index in [1.165, 1.54) is 30.3 Å². The summed E-state index contributed by atoms with van der Waals surface area (Å²) < 4.78 is 0. The number of anilines is 1. The lowest BCUT2D eigenvalue weighted by Gasteiger charge is -2.12. The van der Waals surface area contributed by atoms with E-state index in [2.05, 4.69) is 0 Å². The van der Waals surface area contributed by atoms with E-state index < -0.39 is 16.1 Å². The van der Waals surface area contributed by atoms with Gasteiger partial charge in [0.05, 0.1) is 21.1 Å². The van der Waals surface area contributed by atoms with Crippen molar-refractivity contribution in [2.45, 2.75) is 0 Å². The maximum absolute atomic E-state index is 12.5. The zero-order valence-electron chi connectivity index (χ0n) is 12.0. The molecule has 2 aromatic carbocycles. The molecule has 1 aliphatic rings. The smallest absolute Gasteiger partial charge is 0.268 e. The van der Waals surface area contributed by atoms with Crippen LogP contribution in [0.5, 0.6) is 0 Å². The van der Waals surface area contributed by atoms with E-state index in [1.54, 1.807) is 24.3 Å². The van der Waals surface area contributed by atoms with Gasteiger partial charge in [0.15, 0.2) is 0 Å². The Hall–Kier alpha value is -2.64. The van der Waals surface area contributed by atoms with Gasteiger partial charge in [-0.1, -0.05) is 29.8 Å². The number of benzene rings is 2. The largest absolute Gasteiger partial charge is 0.298 e. The molecule has 1 saturated heterocycles. The number of rotatable bonds is 3. The van der Waals surface area contributed by atoms with Gasteiger partial charge < -0.3 is 0 Å². The monoisotopic (exact) mass is 360 g/mol. The van der Waals surface area contributed by atoms with Gasteiger partial charge in [0, 0.05) is 11.1 Å². The molecule has 3 rings (SSSR count). The molecule has 2 amide bonds. The maximum Gasteiger partial charge on any atom is 0.298 e. The summed E-state index contributed by atoms with van der Waals surface area (Å²) in [4.78, 5) is 36.3. The van der Waals surface area contributed by atoms with E-state index in [1.807, 2.05) is 0 Å². The fourth-order valence-corrected chi connectivity index (χ4v) is 3.24. The summed E-state index contributed by atoms with van der Waals surface area (Å²) in [5.74, 6) is -0.537. The van der Waals surface area contributed by atoms with Crippen LogP contribution in [0.3, 0.4) is 0 Å². The van der Waals surface area contributed by atoms with E-state index in [-0.39, 0.29) is 16.2 Å². The first-order chi connectivity index (χ1) is 11.5. The zero-order valence-corrected chi connectivity index (χ0v) is 13.6. The first kappa shape index (κ1) is 16.2. The van der Waals surface area contributed by atoms with Gasteiger partial charge in [0.25, 0.3) is 16.8 Å². The number of thioether (sulfide) groups is 1. The molecule has 0 N–H and O–H groups in total. The molecule has 24 heavy (non-hydrogen) atoms. The Balaban J connectivity index is 1.99. The van der Waals surface area contributed by atoms with Crippen molar-refractivity contribution in [3.05, 3.63) is 74.1 Å². The lowest BCUT2D eigenvalue weighted by Crippen LogP contribution is -2.27. The van der Waals surface area contributed by atoms with Crippen LogP contribution >= 0.6 is 23.4 Å². The lowest BCUT2D eigenvalue weighted by atomic mass is 10.1. The van der Waals surface area contributed by atoms with Crippen molar-refractivity contribution in [3.63, 3.8) is 0 Å². The molecule has 1 heterocycles. The van der Waals surface area contributed by atoms with Crippen LogP contribution < -0.4 is 4.90 Å². The van der Waals surface area contributed by atoms with Crippen LogP contribution in [0.15, 0.2) is 53.4 Å². The van der Waals surface area contributed by atoms with Crippen LogP contribution in [-0.4, -0.2) is 16.1 Å². The molecule has 120 valence electrons. The quantitative estimate of drug-likeness (QED) is 0.457. The minimum Gasteiger partial charge on any atom is -0.268 e. The van der Waals surface area contributed by atoms with Crippen LogP contribution in [0.2, 0.25) is 5.02 Å². The van der Waals surface area contributed by atoms with Crippen molar-refractivity contribution in [1.82, 2.24) is 0 Å². The van der Waals surface area contributed by atoms with E-state index in [4.69, 9.17) is 11.6 Å². The lowest BCUT2D eigenvalue weighted by molar-refractivity contribution is -0.385. The summed E-state index contributed by atoms with van der Waals surface area (Å²) >= 11 is 6.63. The van der Waals surface area contributed by atoms with Gasteiger partial charge >= 0.3 is 0 Å². The predicted octanol–water partition coefficient (Wildman–Crippen LogP) is 4.49. The molecule has 6 nitrogen and oxygen atoms in total. The number of halogens is 1. The summed E-state index contributed by atoms with van der Waals surface area (Å²) in [6.07, 6.45) is 1.35. The summed E-state index contributed by atoms with van der Waals surface area (Å²) in [6, 6.07) is 12.4. The Labute approximate surface area is 145 Å². The van der Waals surface area contributed by atoms with Gasteiger partial charge in [-0.2, -0.15) is 0 Å². The van der Waals surface area contributed by atoms with Crippen molar-refractivity contribution < 1.29 is 14.5 Å². The zero-order chi connectivity index (χ0) is 17.3. The Bertz CT molecular complexity index is 897. The van der Waals surface area contributed by atoms with Crippen molar-refractivity contribution in [1.29, 1.82) is 0 Å². The molecule has 0 bridgehead atoms. The molecular weight excluding hydrogens is 352 g/mol. The molecule has 1 fully saturated rings. The normalized spacial score (nSPS) is 16.0. The maximum atomic E-state index is 12.5. The van der Waals surface area contributed by atoms with Crippen LogP contribution in [0.4, 0.5) is 16.2 Å². The van der Waals surface area contributed by atoms with Crippen LogP contribution in [0.25, 0.3) is 6.08 Å². The molecule has 0 unspecified atom stereocenters. The molecule has 2 aromatic rings. The third kappa shape index (κ3) is 3.04. The first-order valence-corrected chi connectivity index (χ1v) is 7.94. The molecule has 0 spiro atoms. The standard InChI is InChI=1S/C16H9ClN2O4S/c17-11-5-3-6-12(9-11)18-15(20)14(24-16(18)21)8-10-4-1-2-7-13(10)19(22)23/h1-9H/b14-8-. The molecular formula is C16H9ClN2O4S. The van der Waals surface area contributed by atoms with Crippen LogP contribution in [0.1, 0.15) is 5.56 Å². The number of imide groups is 1. The third-order valence-corrected chi connectivity index (χ3v) is 4.38. The van der Waals surface area contributed by atoms with E-state index in [0.29, 0.717) is 10.7 Å². The summed E-state index contributed by atoms with van der Waals surface area (Å²) in [5.41, 5.74) is 0.488. The predicted molar refractivity (Wildman–Crippen MR) is 93.0 cm³/mol. The van der Waals surface area contributed by atoms with Gasteiger partial charge in [0.2, 0.25) is 0 Å². The second-order valence-electron chi connectivity index (χ2n) is 4.81. The SMILES string of the molecule is O=C1S/C(=C\c2ccccc2[N+](=O)[O-])C(=O)N1c1cccc(Cl)c1. The highest BCUT2D eigenvalue weighted by Crippen LogP contribution is 2.37. The molecule has 8 heteroatoms. The third-order valence-electron chi connectivity index (χ3n) is 3.28. The Morgan fingerprint density at radius 3 is 2.58 bits per heavy atom. The van der Waals surface area contributed by atoms with E-state index >= 15 is 0 Å². The molecule has 0 radical (unpaired) electrons. The van der Waals surface area contributed by atoms with Crippen LogP contribution in [0, 0.1) is 10.1 Å². The fourth-order valence-electron chi connectivity index (χ4n) is 2.22. The Morgan fingerprint density at radius 1 is 1.12 bits per heavy atom. The number of para-hydroxylation sites is 1. The highest BCUT2D eigenvalue weighted by Gasteiger charge is 2.36. The Kier molecular flexibility index (Phi) is 4.37. The minimum atomic E-state index is -0.537. The average Bonchev–Trinajstić information content (AvgIpc) is 2.81. The molecule has 0 saturated carbocycles. The van der Waals surface area contributed by atoms with Gasteiger partial charge in [-0.05, 0) is 42.1 Å². The number of nitrogens with zero attached hydrogens (tertiary/aromatic N) is 2. The second kappa shape index (κ2) is 6.46. The second-order valence-corrected chi connectivity index (χ2v) is 6.24. The van der Waals surface area contributed by atoms with Gasteiger partial charge in [-0.25, -0.2) is 4.90 Å². The molecule has 1 aliphatic heterocycles.